The third-order valence-corrected chi connectivity index (χ3v) is 5.58. The van der Waals surface area contributed by atoms with Crippen molar-refractivity contribution in [2.75, 3.05) is 0 Å². The molecule has 0 N–H and O–H groups in total. The molecule has 0 bridgehead atoms. The lowest BCUT2D eigenvalue weighted by Crippen LogP contribution is -1.96. The fourth-order valence-electron chi connectivity index (χ4n) is 4.00. The van der Waals surface area contributed by atoms with E-state index in [1.54, 1.807) is 0 Å². The van der Waals surface area contributed by atoms with E-state index in [9.17, 15) is 0 Å². The lowest BCUT2D eigenvalue weighted by Gasteiger charge is -2.18. The molecule has 0 radical (unpaired) electrons. The average molecular weight is 410 g/mol. The number of hydrogen-bond donors (Lipinski definition) is 0. The van der Waals surface area contributed by atoms with Crippen LogP contribution in [0.15, 0.2) is 90.0 Å². The van der Waals surface area contributed by atoms with E-state index in [4.69, 9.17) is 5.53 Å². The Kier molecular flexibility index (Phi) is 8.97. The first-order chi connectivity index (χ1) is 15.3. The molecule has 0 aliphatic rings. The highest BCUT2D eigenvalue weighted by atomic mass is 15.1. The van der Waals surface area contributed by atoms with Gasteiger partial charge in [-0.25, -0.2) is 0 Å². The van der Waals surface area contributed by atoms with Crippen molar-refractivity contribution >= 4 is 16.8 Å². The fraction of sp³-hybridized carbons (Fsp3) is 0.286. The van der Waals surface area contributed by atoms with Crippen LogP contribution in [0, 0.1) is 0 Å². The number of rotatable bonds is 11. The van der Waals surface area contributed by atoms with E-state index >= 15 is 0 Å². The molecule has 0 aliphatic carbocycles. The zero-order valence-corrected chi connectivity index (χ0v) is 18.4. The van der Waals surface area contributed by atoms with Crippen molar-refractivity contribution in [2.24, 2.45) is 5.11 Å². The Bertz CT molecular complexity index is 999. The molecule has 0 saturated heterocycles. The molecular formula is C28H31N3. The zero-order chi connectivity index (χ0) is 21.7. The molecule has 0 fully saturated rings. The quantitative estimate of drug-likeness (QED) is 0.0995. The summed E-state index contributed by atoms with van der Waals surface area (Å²) in [4.78, 5) is 2.91. The number of benzene rings is 3. The van der Waals surface area contributed by atoms with Crippen LogP contribution >= 0.6 is 0 Å². The van der Waals surface area contributed by atoms with Crippen LogP contribution < -0.4 is 0 Å². The van der Waals surface area contributed by atoms with Gasteiger partial charge in [0.1, 0.15) is 0 Å². The van der Waals surface area contributed by atoms with Gasteiger partial charge in [0.25, 0.3) is 0 Å². The highest BCUT2D eigenvalue weighted by molar-refractivity contribution is 5.98. The van der Waals surface area contributed by atoms with Gasteiger partial charge >= 0.3 is 0 Å². The largest absolute Gasteiger partial charge is 0.0654 e. The van der Waals surface area contributed by atoms with E-state index in [2.05, 4.69) is 89.7 Å². The lowest BCUT2D eigenvalue weighted by molar-refractivity contribution is 0.613. The third-order valence-electron chi connectivity index (χ3n) is 5.58. The van der Waals surface area contributed by atoms with Gasteiger partial charge in [-0.05, 0) is 46.2 Å². The van der Waals surface area contributed by atoms with Gasteiger partial charge in [0.2, 0.25) is 0 Å². The van der Waals surface area contributed by atoms with Crippen LogP contribution in [-0.2, 0) is 0 Å². The molecule has 3 nitrogen and oxygen atoms in total. The Hall–Kier alpha value is -3.29. The van der Waals surface area contributed by atoms with Gasteiger partial charge in [-0.15, -0.1) is 0 Å². The number of azide groups is 1. The van der Waals surface area contributed by atoms with Crippen LogP contribution in [0.3, 0.4) is 0 Å². The maximum atomic E-state index is 8.74. The monoisotopic (exact) mass is 409 g/mol. The van der Waals surface area contributed by atoms with Crippen molar-refractivity contribution in [3.8, 4) is 0 Å². The molecule has 3 heteroatoms. The topological polar surface area (TPSA) is 48.8 Å². The van der Waals surface area contributed by atoms with E-state index in [0.29, 0.717) is 5.69 Å². The predicted molar refractivity (Wildman–Crippen MR) is 132 cm³/mol. The Morgan fingerprint density at radius 1 is 0.677 bits per heavy atom. The molecule has 0 unspecified atom stereocenters. The third kappa shape index (κ3) is 6.60. The SMILES string of the molecule is CCCCCCCCC(=C(c1ccccc1)c1ccc(N=[N+]=[N-])cc1)c1ccccc1. The second kappa shape index (κ2) is 12.4. The minimum atomic E-state index is 0.635. The molecule has 31 heavy (non-hydrogen) atoms. The second-order valence-electron chi connectivity index (χ2n) is 7.84. The molecule has 3 rings (SSSR count). The van der Waals surface area contributed by atoms with E-state index in [1.807, 2.05) is 12.1 Å². The predicted octanol–water partition coefficient (Wildman–Crippen LogP) is 9.34. The maximum Gasteiger partial charge on any atom is 0.0375 e. The first-order valence-corrected chi connectivity index (χ1v) is 11.3. The summed E-state index contributed by atoms with van der Waals surface area (Å²) in [6, 6.07) is 29.3. The van der Waals surface area contributed by atoms with Crippen molar-refractivity contribution in [2.45, 2.75) is 51.9 Å². The molecule has 0 saturated carbocycles. The summed E-state index contributed by atoms with van der Waals surface area (Å²) in [7, 11) is 0. The summed E-state index contributed by atoms with van der Waals surface area (Å²) in [5.74, 6) is 0. The van der Waals surface area contributed by atoms with Gasteiger partial charge in [-0.2, -0.15) is 0 Å². The smallest absolute Gasteiger partial charge is 0.0375 e. The van der Waals surface area contributed by atoms with Gasteiger partial charge in [0, 0.05) is 10.6 Å². The molecule has 0 heterocycles. The van der Waals surface area contributed by atoms with Gasteiger partial charge in [-0.1, -0.05) is 129 Å². The van der Waals surface area contributed by atoms with Crippen LogP contribution in [0.1, 0.15) is 68.6 Å². The molecule has 0 spiro atoms. The summed E-state index contributed by atoms with van der Waals surface area (Å²) < 4.78 is 0. The number of allylic oxidation sites excluding steroid dienone is 1. The van der Waals surface area contributed by atoms with Crippen molar-refractivity contribution in [1.29, 1.82) is 0 Å². The number of nitrogens with zero attached hydrogens (tertiary/aromatic N) is 3. The van der Waals surface area contributed by atoms with Gasteiger partial charge in [-0.3, -0.25) is 0 Å². The summed E-state index contributed by atoms with van der Waals surface area (Å²) in [5, 5.41) is 3.73. The molecule has 158 valence electrons. The van der Waals surface area contributed by atoms with Gasteiger partial charge < -0.3 is 0 Å². The molecule has 0 atom stereocenters. The van der Waals surface area contributed by atoms with Crippen LogP contribution in [0.4, 0.5) is 5.69 Å². The second-order valence-corrected chi connectivity index (χ2v) is 7.84. The van der Waals surface area contributed by atoms with E-state index in [1.165, 1.54) is 60.8 Å². The first kappa shape index (κ1) is 22.4. The zero-order valence-electron chi connectivity index (χ0n) is 18.4. The molecule has 0 amide bonds. The van der Waals surface area contributed by atoms with Gasteiger partial charge in [0.15, 0.2) is 0 Å². The molecular weight excluding hydrogens is 378 g/mol. The average Bonchev–Trinajstić information content (AvgIpc) is 2.83. The Morgan fingerprint density at radius 2 is 1.23 bits per heavy atom. The number of hydrogen-bond acceptors (Lipinski definition) is 1. The molecule has 3 aromatic carbocycles. The van der Waals surface area contributed by atoms with Crippen LogP contribution in [0.25, 0.3) is 21.6 Å². The van der Waals surface area contributed by atoms with Crippen molar-refractivity contribution in [3.05, 3.63) is 112 Å². The maximum absolute atomic E-state index is 8.74. The van der Waals surface area contributed by atoms with Crippen molar-refractivity contribution in [1.82, 2.24) is 0 Å². The fourth-order valence-corrected chi connectivity index (χ4v) is 4.00. The highest BCUT2D eigenvalue weighted by Crippen LogP contribution is 2.36. The van der Waals surface area contributed by atoms with E-state index in [-0.39, 0.29) is 0 Å². The Morgan fingerprint density at radius 3 is 1.84 bits per heavy atom. The van der Waals surface area contributed by atoms with Crippen molar-refractivity contribution < 1.29 is 0 Å². The Labute approximate surface area is 186 Å². The van der Waals surface area contributed by atoms with E-state index in [0.717, 1.165) is 12.0 Å². The molecule has 3 aromatic rings. The van der Waals surface area contributed by atoms with Crippen LogP contribution in [0.5, 0.6) is 0 Å². The number of unbranched alkanes of at least 4 members (excludes halogenated alkanes) is 5. The summed E-state index contributed by atoms with van der Waals surface area (Å²) in [6.07, 6.45) is 8.71. The summed E-state index contributed by atoms with van der Waals surface area (Å²) in [6.45, 7) is 2.26. The highest BCUT2D eigenvalue weighted by Gasteiger charge is 2.14. The summed E-state index contributed by atoms with van der Waals surface area (Å²) in [5.41, 5.74) is 15.6. The molecule has 0 aliphatic heterocycles. The Balaban J connectivity index is 2.03. The lowest BCUT2D eigenvalue weighted by atomic mass is 9.86. The van der Waals surface area contributed by atoms with Crippen LogP contribution in [0.2, 0.25) is 0 Å². The minimum absolute atomic E-state index is 0.635. The molecule has 0 aromatic heterocycles. The van der Waals surface area contributed by atoms with Gasteiger partial charge in [0.05, 0.1) is 0 Å². The standard InChI is InChI=1S/C28H31N3/c1-2-3-4-5-6-13-18-27(23-14-9-7-10-15-23)28(24-16-11-8-12-17-24)25-19-21-26(22-20-25)30-31-29/h7-12,14-17,19-22H,2-6,13,18H2,1H3. The summed E-state index contributed by atoms with van der Waals surface area (Å²) >= 11 is 0. The van der Waals surface area contributed by atoms with Crippen LogP contribution in [-0.4, -0.2) is 0 Å². The van der Waals surface area contributed by atoms with E-state index < -0.39 is 0 Å². The normalized spacial score (nSPS) is 11.5. The first-order valence-electron chi connectivity index (χ1n) is 11.3. The minimum Gasteiger partial charge on any atom is -0.0654 e. The van der Waals surface area contributed by atoms with Crippen molar-refractivity contribution in [3.63, 3.8) is 0 Å².